The zero-order valence-electron chi connectivity index (χ0n) is 10.4. The number of halogens is 3. The summed E-state index contributed by atoms with van der Waals surface area (Å²) in [5, 5.41) is 2.08. The minimum Gasteiger partial charge on any atom is -0.489 e. The lowest BCUT2D eigenvalue weighted by atomic mass is 10.1. The molecule has 2 aromatic carbocycles. The molecule has 2 aromatic rings. The molecular weight excluding hydrogens is 347 g/mol. The Bertz CT molecular complexity index is 584. The molecule has 0 fully saturated rings. The second-order valence-electron chi connectivity index (χ2n) is 4.27. The van der Waals surface area contributed by atoms with E-state index >= 15 is 0 Å². The first-order valence-electron chi connectivity index (χ1n) is 5.82. The summed E-state index contributed by atoms with van der Waals surface area (Å²) in [6, 6.07) is 11.5. The van der Waals surface area contributed by atoms with Gasteiger partial charge in [-0.3, -0.25) is 0 Å². The molecule has 0 unspecified atom stereocenters. The number of hydrogen-bond donors (Lipinski definition) is 0. The van der Waals surface area contributed by atoms with Crippen LogP contribution in [0.15, 0.2) is 36.4 Å². The standard InChI is InChI=1S/C15H13BrCl2O/c1-10-2-5-15(11(6-10)8-16)19-9-12-7-13(17)3-4-14(12)18/h2-7H,8-9H2,1H3. The van der Waals surface area contributed by atoms with Crippen LogP contribution in [-0.2, 0) is 11.9 Å². The SMILES string of the molecule is Cc1ccc(OCc2cc(Cl)ccc2Cl)c(CBr)c1. The van der Waals surface area contributed by atoms with Crippen LogP contribution in [0.4, 0.5) is 0 Å². The Kier molecular flexibility index (Phi) is 5.14. The van der Waals surface area contributed by atoms with Crippen molar-refractivity contribution in [3.05, 3.63) is 63.1 Å². The van der Waals surface area contributed by atoms with E-state index in [2.05, 4.69) is 28.9 Å². The van der Waals surface area contributed by atoms with E-state index in [1.165, 1.54) is 5.56 Å². The van der Waals surface area contributed by atoms with Crippen molar-refractivity contribution in [2.75, 3.05) is 0 Å². The largest absolute Gasteiger partial charge is 0.489 e. The van der Waals surface area contributed by atoms with Crippen LogP contribution in [0.3, 0.4) is 0 Å². The predicted molar refractivity (Wildman–Crippen MR) is 84.6 cm³/mol. The lowest BCUT2D eigenvalue weighted by Crippen LogP contribution is -1.99. The van der Waals surface area contributed by atoms with Crippen LogP contribution in [0.5, 0.6) is 5.75 Å². The van der Waals surface area contributed by atoms with Gasteiger partial charge >= 0.3 is 0 Å². The highest BCUT2D eigenvalue weighted by Gasteiger charge is 2.06. The van der Waals surface area contributed by atoms with Crippen LogP contribution < -0.4 is 4.74 Å². The second kappa shape index (κ2) is 6.65. The van der Waals surface area contributed by atoms with Crippen molar-refractivity contribution in [1.29, 1.82) is 0 Å². The van der Waals surface area contributed by atoms with E-state index in [0.717, 1.165) is 22.2 Å². The monoisotopic (exact) mass is 358 g/mol. The first-order chi connectivity index (χ1) is 9.10. The van der Waals surface area contributed by atoms with E-state index in [-0.39, 0.29) is 0 Å². The molecule has 4 heteroatoms. The van der Waals surface area contributed by atoms with Crippen LogP contribution in [0.2, 0.25) is 10.0 Å². The lowest BCUT2D eigenvalue weighted by Gasteiger charge is -2.12. The van der Waals surface area contributed by atoms with Crippen molar-refractivity contribution < 1.29 is 4.74 Å². The fourth-order valence-electron chi connectivity index (χ4n) is 1.76. The van der Waals surface area contributed by atoms with E-state index in [1.807, 2.05) is 18.2 Å². The molecule has 2 rings (SSSR count). The Balaban J connectivity index is 2.16. The molecule has 0 spiro atoms. The lowest BCUT2D eigenvalue weighted by molar-refractivity contribution is 0.304. The third-order valence-electron chi connectivity index (χ3n) is 2.75. The van der Waals surface area contributed by atoms with Crippen molar-refractivity contribution in [3.8, 4) is 5.75 Å². The van der Waals surface area contributed by atoms with Gasteiger partial charge in [-0.05, 0) is 31.2 Å². The minimum atomic E-state index is 0.405. The van der Waals surface area contributed by atoms with Gasteiger partial charge in [0.1, 0.15) is 12.4 Å². The minimum absolute atomic E-state index is 0.405. The summed E-state index contributed by atoms with van der Waals surface area (Å²) in [5.41, 5.74) is 3.22. The summed E-state index contributed by atoms with van der Waals surface area (Å²) in [7, 11) is 0. The van der Waals surface area contributed by atoms with E-state index in [0.29, 0.717) is 16.7 Å². The van der Waals surface area contributed by atoms with E-state index in [4.69, 9.17) is 27.9 Å². The summed E-state index contributed by atoms with van der Waals surface area (Å²) in [5.74, 6) is 0.860. The van der Waals surface area contributed by atoms with Gasteiger partial charge in [-0.2, -0.15) is 0 Å². The molecule has 0 heterocycles. The normalized spacial score (nSPS) is 10.5. The Morgan fingerprint density at radius 2 is 1.84 bits per heavy atom. The van der Waals surface area contributed by atoms with Crippen molar-refractivity contribution >= 4 is 39.1 Å². The summed E-state index contributed by atoms with van der Waals surface area (Å²) in [6.45, 7) is 2.46. The molecule has 0 atom stereocenters. The first kappa shape index (κ1) is 14.7. The average Bonchev–Trinajstić information content (AvgIpc) is 2.40. The van der Waals surface area contributed by atoms with Gasteiger partial charge in [-0.1, -0.05) is 56.8 Å². The fourth-order valence-corrected chi connectivity index (χ4v) is 2.57. The number of rotatable bonds is 4. The maximum Gasteiger partial charge on any atom is 0.123 e. The van der Waals surface area contributed by atoms with Gasteiger partial charge in [0.15, 0.2) is 0 Å². The van der Waals surface area contributed by atoms with E-state index < -0.39 is 0 Å². The Labute approximate surface area is 131 Å². The molecule has 0 aliphatic carbocycles. The molecule has 0 N–H and O–H groups in total. The van der Waals surface area contributed by atoms with Gasteiger partial charge in [0.05, 0.1) is 0 Å². The molecule has 100 valence electrons. The number of alkyl halides is 1. The van der Waals surface area contributed by atoms with Gasteiger partial charge in [0.25, 0.3) is 0 Å². The molecule has 0 saturated heterocycles. The topological polar surface area (TPSA) is 9.23 Å². The van der Waals surface area contributed by atoms with Gasteiger partial charge in [-0.25, -0.2) is 0 Å². The van der Waals surface area contributed by atoms with Crippen LogP contribution in [-0.4, -0.2) is 0 Å². The molecule has 0 saturated carbocycles. The number of benzene rings is 2. The van der Waals surface area contributed by atoms with Gasteiger partial charge in [-0.15, -0.1) is 0 Å². The van der Waals surface area contributed by atoms with Gasteiger partial charge in [0.2, 0.25) is 0 Å². The summed E-state index contributed by atoms with van der Waals surface area (Å²) >= 11 is 15.5. The average molecular weight is 360 g/mol. The van der Waals surface area contributed by atoms with E-state index in [9.17, 15) is 0 Å². The molecule has 0 aliphatic rings. The Morgan fingerprint density at radius 3 is 2.58 bits per heavy atom. The van der Waals surface area contributed by atoms with Crippen molar-refractivity contribution in [1.82, 2.24) is 0 Å². The fraction of sp³-hybridized carbons (Fsp3) is 0.200. The number of hydrogen-bond acceptors (Lipinski definition) is 1. The Hall–Kier alpha value is -0.700. The van der Waals surface area contributed by atoms with Crippen LogP contribution in [0.25, 0.3) is 0 Å². The van der Waals surface area contributed by atoms with Crippen molar-refractivity contribution in [2.24, 2.45) is 0 Å². The zero-order valence-corrected chi connectivity index (χ0v) is 13.5. The zero-order chi connectivity index (χ0) is 13.8. The molecule has 1 nitrogen and oxygen atoms in total. The molecule has 19 heavy (non-hydrogen) atoms. The maximum atomic E-state index is 6.11. The highest BCUT2D eigenvalue weighted by atomic mass is 79.9. The molecule has 0 bridgehead atoms. The molecule has 0 aromatic heterocycles. The molecule has 0 amide bonds. The van der Waals surface area contributed by atoms with Crippen LogP contribution in [0.1, 0.15) is 16.7 Å². The predicted octanol–water partition coefficient (Wildman–Crippen LogP) is 5.78. The number of aryl methyl sites for hydroxylation is 1. The van der Waals surface area contributed by atoms with Crippen molar-refractivity contribution in [2.45, 2.75) is 18.9 Å². The van der Waals surface area contributed by atoms with Crippen LogP contribution in [0, 0.1) is 6.92 Å². The third-order valence-corrected chi connectivity index (χ3v) is 3.96. The highest BCUT2D eigenvalue weighted by molar-refractivity contribution is 9.08. The molecule has 0 aliphatic heterocycles. The van der Waals surface area contributed by atoms with Gasteiger partial charge < -0.3 is 4.74 Å². The summed E-state index contributed by atoms with van der Waals surface area (Å²) in [4.78, 5) is 0. The highest BCUT2D eigenvalue weighted by Crippen LogP contribution is 2.26. The smallest absolute Gasteiger partial charge is 0.123 e. The maximum absolute atomic E-state index is 6.11. The quantitative estimate of drug-likeness (QED) is 0.629. The Morgan fingerprint density at radius 1 is 1.05 bits per heavy atom. The summed E-state index contributed by atoms with van der Waals surface area (Å²) in [6.07, 6.45) is 0. The van der Waals surface area contributed by atoms with Crippen LogP contribution >= 0.6 is 39.1 Å². The number of ether oxygens (including phenoxy) is 1. The summed E-state index contributed by atoms with van der Waals surface area (Å²) < 4.78 is 5.83. The molecular formula is C15H13BrCl2O. The van der Waals surface area contributed by atoms with E-state index in [1.54, 1.807) is 12.1 Å². The van der Waals surface area contributed by atoms with Gasteiger partial charge in [0, 0.05) is 26.5 Å². The van der Waals surface area contributed by atoms with Crippen molar-refractivity contribution in [3.63, 3.8) is 0 Å². The first-order valence-corrected chi connectivity index (χ1v) is 7.70. The second-order valence-corrected chi connectivity index (χ2v) is 5.67. The molecule has 0 radical (unpaired) electrons. The third kappa shape index (κ3) is 3.88.